The van der Waals surface area contributed by atoms with Gasteiger partial charge in [0.25, 0.3) is 0 Å². The summed E-state index contributed by atoms with van der Waals surface area (Å²) in [6, 6.07) is 15.0. The van der Waals surface area contributed by atoms with Crippen LogP contribution in [0.1, 0.15) is 12.0 Å². The molecule has 3 amide bonds. The molecule has 1 aromatic heterocycles. The van der Waals surface area contributed by atoms with Crippen LogP contribution in [0.15, 0.2) is 48.5 Å². The lowest BCUT2D eigenvalue weighted by atomic mass is 10.2. The van der Waals surface area contributed by atoms with Crippen molar-refractivity contribution in [1.82, 2.24) is 10.3 Å². The minimum absolute atomic E-state index is 0.0131. The Kier molecular flexibility index (Phi) is 4.30. The average Bonchev–Trinajstić information content (AvgIpc) is 3.18. The number of hydrogen-bond donors (Lipinski definition) is 2. The van der Waals surface area contributed by atoms with Gasteiger partial charge < -0.3 is 10.2 Å². The number of carbonyl (C=O) groups excluding carboxylic acids is 2. The third kappa shape index (κ3) is 3.39. The van der Waals surface area contributed by atoms with Gasteiger partial charge in [-0.05, 0) is 31.2 Å². The summed E-state index contributed by atoms with van der Waals surface area (Å²) in [5.41, 5.74) is 2.86. The van der Waals surface area contributed by atoms with Crippen molar-refractivity contribution in [3.8, 4) is 0 Å². The van der Waals surface area contributed by atoms with E-state index in [0.717, 1.165) is 21.5 Å². The average molecular weight is 366 g/mol. The van der Waals surface area contributed by atoms with E-state index in [2.05, 4.69) is 15.6 Å². The Morgan fingerprint density at radius 2 is 1.96 bits per heavy atom. The van der Waals surface area contributed by atoms with Crippen LogP contribution in [-0.4, -0.2) is 29.5 Å². The molecule has 1 aliphatic heterocycles. The summed E-state index contributed by atoms with van der Waals surface area (Å²) in [6.07, 6.45) is 0.293. The molecule has 2 N–H and O–H groups in total. The van der Waals surface area contributed by atoms with Crippen LogP contribution < -0.4 is 15.5 Å². The number of rotatable bonds is 3. The Hall–Kier alpha value is -2.93. The molecular formula is C19H18N4O2S. The largest absolute Gasteiger partial charge is 0.333 e. The quantitative estimate of drug-likeness (QED) is 0.745. The van der Waals surface area contributed by atoms with Gasteiger partial charge in [0.2, 0.25) is 5.91 Å². The number of urea groups is 1. The second kappa shape index (κ2) is 6.76. The van der Waals surface area contributed by atoms with Crippen molar-refractivity contribution < 1.29 is 9.59 Å². The number of fused-ring (bicyclic) bond motifs is 1. The van der Waals surface area contributed by atoms with Crippen LogP contribution >= 0.6 is 11.3 Å². The highest BCUT2D eigenvalue weighted by Gasteiger charge is 2.31. The van der Waals surface area contributed by atoms with Gasteiger partial charge in [-0.2, -0.15) is 0 Å². The van der Waals surface area contributed by atoms with Crippen molar-refractivity contribution in [3.63, 3.8) is 0 Å². The summed E-state index contributed by atoms with van der Waals surface area (Å²) in [4.78, 5) is 30.6. The maximum Gasteiger partial charge on any atom is 0.321 e. The van der Waals surface area contributed by atoms with Gasteiger partial charge in [-0.1, -0.05) is 41.2 Å². The molecule has 1 saturated heterocycles. The molecule has 26 heavy (non-hydrogen) atoms. The number of benzene rings is 2. The molecule has 0 spiro atoms. The van der Waals surface area contributed by atoms with E-state index in [0.29, 0.717) is 18.1 Å². The van der Waals surface area contributed by atoms with Gasteiger partial charge in [-0.3, -0.25) is 10.1 Å². The molecule has 0 radical (unpaired) electrons. The smallest absolute Gasteiger partial charge is 0.321 e. The summed E-state index contributed by atoms with van der Waals surface area (Å²) in [7, 11) is 0. The van der Waals surface area contributed by atoms with Crippen molar-refractivity contribution in [2.45, 2.75) is 19.4 Å². The molecule has 4 rings (SSSR count). The fraction of sp³-hybridized carbons (Fsp3) is 0.211. The van der Waals surface area contributed by atoms with E-state index in [1.807, 2.05) is 55.5 Å². The maximum absolute atomic E-state index is 12.3. The summed E-state index contributed by atoms with van der Waals surface area (Å²) in [6.45, 7) is 2.47. The zero-order valence-corrected chi connectivity index (χ0v) is 15.0. The second-order valence-corrected chi connectivity index (χ2v) is 7.36. The number of anilines is 2. The zero-order valence-electron chi connectivity index (χ0n) is 14.2. The van der Waals surface area contributed by atoms with Gasteiger partial charge >= 0.3 is 6.03 Å². The number of para-hydroxylation sites is 1. The fourth-order valence-corrected chi connectivity index (χ4v) is 3.88. The van der Waals surface area contributed by atoms with E-state index < -0.39 is 0 Å². The first-order valence-electron chi connectivity index (χ1n) is 8.38. The Bertz CT molecular complexity index is 934. The SMILES string of the molecule is Cc1ccc(N2C[C@@H](NC(=O)Nc3nc4ccccc4s3)CC2=O)cc1. The maximum atomic E-state index is 12.3. The van der Waals surface area contributed by atoms with Gasteiger partial charge in [-0.25, -0.2) is 9.78 Å². The summed E-state index contributed by atoms with van der Waals surface area (Å²) < 4.78 is 1.02. The molecule has 3 aromatic rings. The first-order valence-corrected chi connectivity index (χ1v) is 9.20. The number of thiazole rings is 1. The molecule has 132 valence electrons. The van der Waals surface area contributed by atoms with Crippen molar-refractivity contribution in [2.75, 3.05) is 16.8 Å². The van der Waals surface area contributed by atoms with Crippen molar-refractivity contribution in [3.05, 3.63) is 54.1 Å². The van der Waals surface area contributed by atoms with Crippen molar-refractivity contribution in [2.24, 2.45) is 0 Å². The monoisotopic (exact) mass is 366 g/mol. The van der Waals surface area contributed by atoms with Gasteiger partial charge in [0.15, 0.2) is 5.13 Å². The molecule has 0 unspecified atom stereocenters. The summed E-state index contributed by atoms with van der Waals surface area (Å²) >= 11 is 1.42. The molecule has 2 heterocycles. The molecule has 0 bridgehead atoms. The topological polar surface area (TPSA) is 74.3 Å². The lowest BCUT2D eigenvalue weighted by Gasteiger charge is -2.17. The van der Waals surface area contributed by atoms with Gasteiger partial charge in [0, 0.05) is 18.7 Å². The number of aromatic nitrogens is 1. The first-order chi connectivity index (χ1) is 12.6. The van der Waals surface area contributed by atoms with Gasteiger partial charge in [0.05, 0.1) is 16.3 Å². The van der Waals surface area contributed by atoms with Gasteiger partial charge in [0.1, 0.15) is 0 Å². The lowest BCUT2D eigenvalue weighted by molar-refractivity contribution is -0.117. The van der Waals surface area contributed by atoms with E-state index in [1.54, 1.807) is 4.90 Å². The standard InChI is InChI=1S/C19H18N4O2S/c1-12-6-8-14(9-7-12)23-11-13(10-17(23)24)20-18(25)22-19-21-15-4-2-3-5-16(15)26-19/h2-9,13H,10-11H2,1H3,(H2,20,21,22,25)/t13-/m0/s1. The van der Waals surface area contributed by atoms with Gasteiger partial charge in [-0.15, -0.1) is 0 Å². The van der Waals surface area contributed by atoms with Crippen LogP contribution in [0.5, 0.6) is 0 Å². The number of amides is 3. The van der Waals surface area contributed by atoms with E-state index in [-0.39, 0.29) is 18.0 Å². The van der Waals surface area contributed by atoms with E-state index in [1.165, 1.54) is 11.3 Å². The predicted molar refractivity (Wildman–Crippen MR) is 104 cm³/mol. The molecule has 7 heteroatoms. The van der Waals surface area contributed by atoms with Crippen LogP contribution in [0.4, 0.5) is 15.6 Å². The van der Waals surface area contributed by atoms with Crippen molar-refractivity contribution in [1.29, 1.82) is 0 Å². The molecule has 0 saturated carbocycles. The van der Waals surface area contributed by atoms with Crippen LogP contribution in [0.3, 0.4) is 0 Å². The van der Waals surface area contributed by atoms with E-state index >= 15 is 0 Å². The number of nitrogens with zero attached hydrogens (tertiary/aromatic N) is 2. The fourth-order valence-electron chi connectivity index (χ4n) is 3.02. The highest BCUT2D eigenvalue weighted by molar-refractivity contribution is 7.22. The molecule has 6 nitrogen and oxygen atoms in total. The molecule has 1 fully saturated rings. The highest BCUT2D eigenvalue weighted by atomic mass is 32.1. The minimum Gasteiger partial charge on any atom is -0.333 e. The molecule has 1 aliphatic rings. The van der Waals surface area contributed by atoms with Crippen LogP contribution in [0.25, 0.3) is 10.2 Å². The van der Waals surface area contributed by atoms with E-state index in [4.69, 9.17) is 0 Å². The Morgan fingerprint density at radius 1 is 1.19 bits per heavy atom. The van der Waals surface area contributed by atoms with E-state index in [9.17, 15) is 9.59 Å². The number of nitrogens with one attached hydrogen (secondary N) is 2. The minimum atomic E-state index is -0.340. The van der Waals surface area contributed by atoms with Crippen molar-refractivity contribution >= 4 is 44.3 Å². The third-order valence-corrected chi connectivity index (χ3v) is 5.27. The first kappa shape index (κ1) is 16.5. The second-order valence-electron chi connectivity index (χ2n) is 6.33. The lowest BCUT2D eigenvalue weighted by Crippen LogP contribution is -2.39. The Morgan fingerprint density at radius 3 is 2.73 bits per heavy atom. The number of aryl methyl sites for hydroxylation is 1. The highest BCUT2D eigenvalue weighted by Crippen LogP contribution is 2.25. The van der Waals surface area contributed by atoms with Crippen LogP contribution in [-0.2, 0) is 4.79 Å². The molecule has 0 aliphatic carbocycles. The Labute approximate surface area is 154 Å². The number of carbonyl (C=O) groups is 2. The summed E-state index contributed by atoms with van der Waals surface area (Å²) in [5, 5.41) is 6.17. The zero-order chi connectivity index (χ0) is 18.1. The van der Waals surface area contributed by atoms with Crippen LogP contribution in [0.2, 0.25) is 0 Å². The molecule has 1 atom stereocenters. The molecular weight excluding hydrogens is 348 g/mol. The number of hydrogen-bond acceptors (Lipinski definition) is 4. The normalized spacial score (nSPS) is 16.9. The molecule has 2 aromatic carbocycles. The summed E-state index contributed by atoms with van der Waals surface area (Å²) in [5.74, 6) is 0.0131. The predicted octanol–water partition coefficient (Wildman–Crippen LogP) is 3.53. The van der Waals surface area contributed by atoms with Crippen LogP contribution in [0, 0.1) is 6.92 Å². The Balaban J connectivity index is 1.38. The third-order valence-electron chi connectivity index (χ3n) is 4.32.